The molecule has 0 fully saturated rings. The molecular formula is C13H14ClN5O2S. The Morgan fingerprint density at radius 2 is 1.95 bits per heavy atom. The highest BCUT2D eigenvalue weighted by Gasteiger charge is 2.20. The number of nitrogens with two attached hydrogens (primary N) is 1. The van der Waals surface area contributed by atoms with Gasteiger partial charge >= 0.3 is 6.03 Å². The summed E-state index contributed by atoms with van der Waals surface area (Å²) in [6, 6.07) is 6.33. The molecule has 1 heterocycles. The highest BCUT2D eigenvalue weighted by Crippen LogP contribution is 2.26. The number of primary amides is 1. The number of amides is 3. The van der Waals surface area contributed by atoms with Crippen LogP contribution >= 0.6 is 23.4 Å². The van der Waals surface area contributed by atoms with Crippen molar-refractivity contribution in [3.8, 4) is 11.4 Å². The first kappa shape index (κ1) is 16.3. The van der Waals surface area contributed by atoms with Gasteiger partial charge in [0.05, 0.1) is 5.25 Å². The van der Waals surface area contributed by atoms with E-state index >= 15 is 0 Å². The number of halogens is 1. The monoisotopic (exact) mass is 339 g/mol. The second-order valence-electron chi connectivity index (χ2n) is 4.49. The number of imide groups is 1. The van der Waals surface area contributed by atoms with Gasteiger partial charge in [-0.15, -0.1) is 10.2 Å². The minimum atomic E-state index is -0.878. The number of carbonyl (C=O) groups is 2. The minimum Gasteiger partial charge on any atom is -0.351 e. The molecule has 0 aliphatic rings. The van der Waals surface area contributed by atoms with Crippen LogP contribution in [0.4, 0.5) is 4.79 Å². The molecule has 116 valence electrons. The average molecular weight is 340 g/mol. The SMILES string of the molecule is C[C@@H](Sc1nnc(-c2ccc(Cl)cc2)n1C)C(=O)NC(N)=O. The lowest BCUT2D eigenvalue weighted by atomic mass is 10.2. The first-order chi connectivity index (χ1) is 10.4. The van der Waals surface area contributed by atoms with Crippen LogP contribution in [0.3, 0.4) is 0 Å². The van der Waals surface area contributed by atoms with Crippen LogP contribution in [0.25, 0.3) is 11.4 Å². The Bertz CT molecular complexity index is 701. The predicted molar refractivity (Wildman–Crippen MR) is 84.5 cm³/mol. The Kier molecular flexibility index (Phi) is 5.04. The normalized spacial score (nSPS) is 12.0. The van der Waals surface area contributed by atoms with E-state index in [4.69, 9.17) is 17.3 Å². The summed E-state index contributed by atoms with van der Waals surface area (Å²) >= 11 is 7.04. The molecular weight excluding hydrogens is 326 g/mol. The number of carbonyl (C=O) groups excluding carboxylic acids is 2. The van der Waals surface area contributed by atoms with Crippen LogP contribution in [0, 0.1) is 0 Å². The Morgan fingerprint density at radius 3 is 2.55 bits per heavy atom. The number of urea groups is 1. The second kappa shape index (κ2) is 6.80. The molecule has 0 aliphatic heterocycles. The minimum absolute atomic E-state index is 0.478. The van der Waals surface area contributed by atoms with Crippen LogP contribution in [-0.4, -0.2) is 32.0 Å². The summed E-state index contributed by atoms with van der Waals surface area (Å²) in [4.78, 5) is 22.4. The van der Waals surface area contributed by atoms with Crippen LogP contribution < -0.4 is 11.1 Å². The Labute approximate surface area is 136 Å². The number of benzene rings is 1. The highest BCUT2D eigenvalue weighted by atomic mass is 35.5. The summed E-state index contributed by atoms with van der Waals surface area (Å²) in [6.07, 6.45) is 0. The van der Waals surface area contributed by atoms with Gasteiger partial charge in [-0.3, -0.25) is 10.1 Å². The summed E-state index contributed by atoms with van der Waals surface area (Å²) < 4.78 is 1.77. The number of thioether (sulfide) groups is 1. The molecule has 3 amide bonds. The topological polar surface area (TPSA) is 103 Å². The first-order valence-electron chi connectivity index (χ1n) is 6.30. The van der Waals surface area contributed by atoms with Gasteiger partial charge in [-0.25, -0.2) is 4.79 Å². The van der Waals surface area contributed by atoms with E-state index in [0.29, 0.717) is 16.0 Å². The molecule has 3 N–H and O–H groups in total. The fraction of sp³-hybridized carbons (Fsp3) is 0.231. The van der Waals surface area contributed by atoms with E-state index in [1.54, 1.807) is 30.7 Å². The van der Waals surface area contributed by atoms with Crippen molar-refractivity contribution in [2.24, 2.45) is 12.8 Å². The number of hydrogen-bond donors (Lipinski definition) is 2. The van der Waals surface area contributed by atoms with Crippen LogP contribution in [0.5, 0.6) is 0 Å². The van der Waals surface area contributed by atoms with Crippen LogP contribution in [-0.2, 0) is 11.8 Å². The van der Waals surface area contributed by atoms with Gasteiger partial charge in [-0.1, -0.05) is 23.4 Å². The Balaban J connectivity index is 2.16. The summed E-state index contributed by atoms with van der Waals surface area (Å²) in [7, 11) is 1.80. The molecule has 7 nitrogen and oxygen atoms in total. The van der Waals surface area contributed by atoms with Crippen LogP contribution in [0.15, 0.2) is 29.4 Å². The van der Waals surface area contributed by atoms with Crippen LogP contribution in [0.1, 0.15) is 6.92 Å². The van der Waals surface area contributed by atoms with E-state index in [9.17, 15) is 9.59 Å². The van der Waals surface area contributed by atoms with Gasteiger partial charge in [-0.2, -0.15) is 0 Å². The van der Waals surface area contributed by atoms with E-state index in [0.717, 1.165) is 5.56 Å². The van der Waals surface area contributed by atoms with Gasteiger partial charge in [-0.05, 0) is 31.2 Å². The third kappa shape index (κ3) is 3.77. The van der Waals surface area contributed by atoms with Crippen molar-refractivity contribution in [3.05, 3.63) is 29.3 Å². The molecule has 0 spiro atoms. The second-order valence-corrected chi connectivity index (χ2v) is 6.23. The molecule has 1 aromatic carbocycles. The fourth-order valence-electron chi connectivity index (χ4n) is 1.70. The molecule has 0 saturated heterocycles. The highest BCUT2D eigenvalue weighted by molar-refractivity contribution is 8.00. The third-order valence-corrected chi connectivity index (χ3v) is 4.22. The number of aromatic nitrogens is 3. The third-order valence-electron chi connectivity index (χ3n) is 2.84. The van der Waals surface area contributed by atoms with Gasteiger partial charge in [0.2, 0.25) is 5.91 Å². The summed E-state index contributed by atoms with van der Waals surface area (Å²) in [5.41, 5.74) is 5.78. The molecule has 0 unspecified atom stereocenters. The predicted octanol–water partition coefficient (Wildman–Crippen LogP) is 1.81. The van der Waals surface area contributed by atoms with Gasteiger partial charge in [0, 0.05) is 17.6 Å². The van der Waals surface area contributed by atoms with Gasteiger partial charge in [0.25, 0.3) is 0 Å². The molecule has 1 aromatic heterocycles. The molecule has 1 atom stereocenters. The van der Waals surface area contributed by atoms with E-state index < -0.39 is 17.2 Å². The largest absolute Gasteiger partial charge is 0.351 e. The lowest BCUT2D eigenvalue weighted by Crippen LogP contribution is -2.39. The molecule has 9 heteroatoms. The molecule has 0 bridgehead atoms. The van der Waals surface area contributed by atoms with Crippen molar-refractivity contribution in [1.29, 1.82) is 0 Å². The van der Waals surface area contributed by atoms with Gasteiger partial charge in [0.15, 0.2) is 11.0 Å². The zero-order chi connectivity index (χ0) is 16.3. The van der Waals surface area contributed by atoms with Crippen molar-refractivity contribution < 1.29 is 9.59 Å². The zero-order valence-corrected chi connectivity index (χ0v) is 13.5. The lowest BCUT2D eigenvalue weighted by Gasteiger charge is -2.09. The van der Waals surface area contributed by atoms with Crippen molar-refractivity contribution >= 4 is 35.3 Å². The van der Waals surface area contributed by atoms with Crippen molar-refractivity contribution in [1.82, 2.24) is 20.1 Å². The summed E-state index contributed by atoms with van der Waals surface area (Å²) in [6.45, 7) is 1.65. The maximum Gasteiger partial charge on any atom is 0.318 e. The average Bonchev–Trinajstić information content (AvgIpc) is 2.80. The molecule has 0 saturated carbocycles. The van der Waals surface area contributed by atoms with Gasteiger partial charge < -0.3 is 10.3 Å². The van der Waals surface area contributed by atoms with Crippen molar-refractivity contribution in [3.63, 3.8) is 0 Å². The number of rotatable bonds is 4. The summed E-state index contributed by atoms with van der Waals surface area (Å²) in [5.74, 6) is 0.176. The molecule has 0 aliphatic carbocycles. The number of hydrogen-bond acceptors (Lipinski definition) is 5. The van der Waals surface area contributed by atoms with E-state index in [1.807, 2.05) is 17.4 Å². The Hall–Kier alpha value is -2.06. The maximum atomic E-state index is 11.7. The van der Waals surface area contributed by atoms with Gasteiger partial charge in [0.1, 0.15) is 0 Å². The van der Waals surface area contributed by atoms with E-state index in [2.05, 4.69) is 10.2 Å². The smallest absolute Gasteiger partial charge is 0.318 e. The summed E-state index contributed by atoms with van der Waals surface area (Å²) in [5, 5.41) is 10.9. The standard InChI is InChI=1S/C13H14ClN5O2S/c1-7(11(20)16-12(15)21)22-13-18-17-10(19(13)2)8-3-5-9(14)6-4-8/h3-7H,1-2H3,(H3,15,16,20,21)/t7-/m1/s1. The Morgan fingerprint density at radius 1 is 1.32 bits per heavy atom. The van der Waals surface area contributed by atoms with E-state index in [1.165, 1.54) is 11.8 Å². The molecule has 2 aromatic rings. The first-order valence-corrected chi connectivity index (χ1v) is 7.56. The number of nitrogens with zero attached hydrogens (tertiary/aromatic N) is 3. The van der Waals surface area contributed by atoms with Crippen LogP contribution in [0.2, 0.25) is 5.02 Å². The van der Waals surface area contributed by atoms with Crippen molar-refractivity contribution in [2.45, 2.75) is 17.3 Å². The maximum absolute atomic E-state index is 11.7. The molecule has 0 radical (unpaired) electrons. The van der Waals surface area contributed by atoms with E-state index in [-0.39, 0.29) is 0 Å². The zero-order valence-electron chi connectivity index (χ0n) is 11.9. The number of nitrogens with one attached hydrogen (secondary N) is 1. The van der Waals surface area contributed by atoms with Crippen molar-refractivity contribution in [2.75, 3.05) is 0 Å². The lowest BCUT2D eigenvalue weighted by molar-refractivity contribution is -0.119. The molecule has 22 heavy (non-hydrogen) atoms. The molecule has 2 rings (SSSR count). The fourth-order valence-corrected chi connectivity index (χ4v) is 2.64. The quantitative estimate of drug-likeness (QED) is 0.827.